The summed E-state index contributed by atoms with van der Waals surface area (Å²) in [6, 6.07) is 8.09. The first-order valence-corrected chi connectivity index (χ1v) is 8.33. The molecule has 1 aliphatic rings. The zero-order valence-electron chi connectivity index (χ0n) is 10.1. The second kappa shape index (κ2) is 5.83. The van der Waals surface area contributed by atoms with Crippen molar-refractivity contribution < 1.29 is 4.79 Å². The van der Waals surface area contributed by atoms with Gasteiger partial charge in [-0.3, -0.25) is 4.79 Å². The molecule has 20 heavy (non-hydrogen) atoms. The number of carbonyl (C=O) groups is 1. The number of hydrogen-bond acceptors (Lipinski definition) is 4. The highest BCUT2D eigenvalue weighted by molar-refractivity contribution is 9.11. The Morgan fingerprint density at radius 2 is 2.15 bits per heavy atom. The highest BCUT2D eigenvalue weighted by Gasteiger charge is 2.28. The van der Waals surface area contributed by atoms with Crippen LogP contribution in [-0.2, 0) is 11.2 Å². The minimum Gasteiger partial charge on any atom is -0.307 e. The Hall–Kier alpha value is -0.920. The summed E-state index contributed by atoms with van der Waals surface area (Å²) < 4.78 is 1.13. The quantitative estimate of drug-likeness (QED) is 0.814. The van der Waals surface area contributed by atoms with Gasteiger partial charge < -0.3 is 5.32 Å². The largest absolute Gasteiger partial charge is 0.307 e. The van der Waals surface area contributed by atoms with E-state index in [-0.39, 0.29) is 11.2 Å². The molecule has 4 nitrogen and oxygen atoms in total. The molecule has 1 aromatic carbocycles. The maximum Gasteiger partial charge on any atom is 0.239 e. The van der Waals surface area contributed by atoms with E-state index >= 15 is 0 Å². The molecule has 0 aliphatic carbocycles. The van der Waals surface area contributed by atoms with Crippen molar-refractivity contribution in [1.29, 1.82) is 0 Å². The number of hydrogen-bond donors (Lipinski definition) is 1. The van der Waals surface area contributed by atoms with Crippen LogP contribution >= 0.6 is 43.6 Å². The molecule has 0 fully saturated rings. The summed E-state index contributed by atoms with van der Waals surface area (Å²) >= 11 is 8.10. The molecule has 102 valence electrons. The summed E-state index contributed by atoms with van der Waals surface area (Å²) in [7, 11) is 0. The number of fused-ring (bicyclic) bond motifs is 1. The average Bonchev–Trinajstić information content (AvgIpc) is 2.86. The molecule has 0 saturated carbocycles. The smallest absolute Gasteiger partial charge is 0.239 e. The Bertz CT molecular complexity index is 655. The van der Waals surface area contributed by atoms with Gasteiger partial charge >= 0.3 is 0 Å². The van der Waals surface area contributed by atoms with Crippen molar-refractivity contribution in [1.82, 2.24) is 9.97 Å². The third kappa shape index (κ3) is 2.89. The Morgan fingerprint density at radius 1 is 1.35 bits per heavy atom. The summed E-state index contributed by atoms with van der Waals surface area (Å²) in [4.78, 5) is 21.7. The molecule has 1 atom stereocenters. The number of nitrogens with zero attached hydrogens (tertiary/aromatic N) is 2. The topological polar surface area (TPSA) is 54.9 Å². The molecule has 0 spiro atoms. The van der Waals surface area contributed by atoms with Crippen molar-refractivity contribution in [3.05, 3.63) is 45.2 Å². The van der Waals surface area contributed by atoms with Gasteiger partial charge in [-0.1, -0.05) is 18.2 Å². The monoisotopic (exact) mass is 413 g/mol. The molecule has 1 unspecified atom stereocenters. The Labute approximate surface area is 137 Å². The van der Waals surface area contributed by atoms with E-state index < -0.39 is 0 Å². The number of carbonyl (C=O) groups excluding carboxylic acids is 1. The van der Waals surface area contributed by atoms with Gasteiger partial charge in [0.1, 0.15) is 9.21 Å². The highest BCUT2D eigenvalue weighted by Crippen LogP contribution is 2.37. The lowest BCUT2D eigenvalue weighted by molar-refractivity contribution is -0.115. The molecule has 1 aromatic heterocycles. The second-order valence-electron chi connectivity index (χ2n) is 4.24. The number of nitrogens with one attached hydrogen (secondary N) is 1. The van der Waals surface area contributed by atoms with Crippen LogP contribution in [0.1, 0.15) is 5.56 Å². The van der Waals surface area contributed by atoms with E-state index in [9.17, 15) is 4.79 Å². The van der Waals surface area contributed by atoms with Crippen LogP contribution in [0.2, 0.25) is 0 Å². The number of anilines is 1. The van der Waals surface area contributed by atoms with E-state index in [4.69, 9.17) is 0 Å². The summed E-state index contributed by atoms with van der Waals surface area (Å²) in [6.45, 7) is 0. The van der Waals surface area contributed by atoms with Gasteiger partial charge in [0.05, 0.1) is 11.4 Å². The van der Waals surface area contributed by atoms with Gasteiger partial charge in [-0.2, -0.15) is 0 Å². The lowest BCUT2D eigenvalue weighted by Gasteiger charge is -2.10. The molecule has 2 heterocycles. The number of rotatable bonds is 2. The normalized spacial score (nSPS) is 16.8. The zero-order valence-corrected chi connectivity index (χ0v) is 14.1. The van der Waals surface area contributed by atoms with Crippen molar-refractivity contribution in [2.45, 2.75) is 16.6 Å². The first kappa shape index (κ1) is 14.0. The van der Waals surface area contributed by atoms with Crippen molar-refractivity contribution in [2.24, 2.45) is 0 Å². The summed E-state index contributed by atoms with van der Waals surface area (Å²) in [6.07, 6.45) is 2.30. The van der Waals surface area contributed by atoms with Crippen LogP contribution in [0.25, 0.3) is 0 Å². The summed E-state index contributed by atoms with van der Waals surface area (Å²) in [5.74, 6) is 0.387. The van der Waals surface area contributed by atoms with Crippen LogP contribution in [0, 0.1) is 0 Å². The molecule has 0 saturated heterocycles. The number of aromatic nitrogens is 2. The molecule has 0 bridgehead atoms. The third-order valence-electron chi connectivity index (χ3n) is 2.88. The maximum absolute atomic E-state index is 12.3. The van der Waals surface area contributed by atoms with Gasteiger partial charge in [0.15, 0.2) is 5.82 Å². The van der Waals surface area contributed by atoms with Crippen LogP contribution in [0.4, 0.5) is 5.82 Å². The molecule has 7 heteroatoms. The fourth-order valence-corrected chi connectivity index (χ4v) is 4.06. The van der Waals surface area contributed by atoms with Crippen LogP contribution in [0.3, 0.4) is 0 Å². The number of amides is 1. The van der Waals surface area contributed by atoms with Crippen LogP contribution in [-0.4, -0.2) is 21.1 Å². The average molecular weight is 415 g/mol. The van der Waals surface area contributed by atoms with E-state index in [1.165, 1.54) is 10.5 Å². The standard InChI is InChI=1S/C13H9Br2N3OS/c14-10-6-16-12(11(15)17-10)18-13(19)9-5-7-3-1-2-4-8(7)20-9/h1-4,6,9H,5H2,(H,16,18,19). The predicted molar refractivity (Wildman–Crippen MR) is 85.9 cm³/mol. The van der Waals surface area contributed by atoms with Gasteiger partial charge in [0.2, 0.25) is 5.91 Å². The fourth-order valence-electron chi connectivity index (χ4n) is 1.96. The van der Waals surface area contributed by atoms with Crippen molar-refractivity contribution in [2.75, 3.05) is 5.32 Å². The van der Waals surface area contributed by atoms with Crippen LogP contribution in [0.5, 0.6) is 0 Å². The van der Waals surface area contributed by atoms with Gasteiger partial charge in [0.25, 0.3) is 0 Å². The highest BCUT2D eigenvalue weighted by atomic mass is 79.9. The third-order valence-corrected chi connectivity index (χ3v) is 5.13. The Kier molecular flexibility index (Phi) is 4.09. The van der Waals surface area contributed by atoms with E-state index in [1.807, 2.05) is 18.2 Å². The molecular weight excluding hydrogens is 406 g/mol. The number of benzene rings is 1. The number of halogens is 2. The van der Waals surface area contributed by atoms with E-state index in [0.29, 0.717) is 15.0 Å². The van der Waals surface area contributed by atoms with Crippen molar-refractivity contribution >= 4 is 55.3 Å². The SMILES string of the molecule is O=C(Nc1ncc(Br)nc1Br)C1Cc2ccccc2S1. The summed E-state index contributed by atoms with van der Waals surface area (Å²) in [5.41, 5.74) is 1.22. The molecule has 0 radical (unpaired) electrons. The lowest BCUT2D eigenvalue weighted by Crippen LogP contribution is -2.25. The number of thioether (sulfide) groups is 1. The van der Waals surface area contributed by atoms with E-state index in [0.717, 1.165) is 6.42 Å². The minimum atomic E-state index is -0.121. The zero-order chi connectivity index (χ0) is 14.1. The second-order valence-corrected chi connectivity index (χ2v) is 7.05. The Balaban J connectivity index is 1.72. The molecule has 3 rings (SSSR count). The predicted octanol–water partition coefficient (Wildman–Crippen LogP) is 3.66. The first-order valence-electron chi connectivity index (χ1n) is 5.87. The first-order chi connectivity index (χ1) is 9.63. The van der Waals surface area contributed by atoms with Gasteiger partial charge in [-0.25, -0.2) is 9.97 Å². The van der Waals surface area contributed by atoms with Crippen LogP contribution in [0.15, 0.2) is 44.6 Å². The van der Waals surface area contributed by atoms with Crippen LogP contribution < -0.4 is 5.32 Å². The molecular formula is C13H9Br2N3OS. The maximum atomic E-state index is 12.3. The van der Waals surface area contributed by atoms with Crippen molar-refractivity contribution in [3.63, 3.8) is 0 Å². The fraction of sp³-hybridized carbons (Fsp3) is 0.154. The minimum absolute atomic E-state index is 0.0523. The lowest BCUT2D eigenvalue weighted by atomic mass is 10.1. The molecule has 1 amide bonds. The molecule has 1 aliphatic heterocycles. The van der Waals surface area contributed by atoms with E-state index in [1.54, 1.807) is 18.0 Å². The van der Waals surface area contributed by atoms with E-state index in [2.05, 4.69) is 53.2 Å². The molecule has 2 aromatic rings. The van der Waals surface area contributed by atoms with Gasteiger partial charge in [-0.15, -0.1) is 11.8 Å². The summed E-state index contributed by atoms with van der Waals surface area (Å²) in [5, 5.41) is 2.69. The molecule has 1 N–H and O–H groups in total. The Morgan fingerprint density at radius 3 is 2.90 bits per heavy atom. The van der Waals surface area contributed by atoms with Crippen molar-refractivity contribution in [3.8, 4) is 0 Å². The van der Waals surface area contributed by atoms with Gasteiger partial charge in [0, 0.05) is 4.90 Å². The van der Waals surface area contributed by atoms with Gasteiger partial charge in [-0.05, 0) is 49.9 Å².